The molecule has 1 aromatic carbocycles. The summed E-state index contributed by atoms with van der Waals surface area (Å²) in [5.41, 5.74) is 2.09. The molecule has 0 unspecified atom stereocenters. The lowest BCUT2D eigenvalue weighted by atomic mass is 10.0. The van der Waals surface area contributed by atoms with Gasteiger partial charge in [-0.25, -0.2) is 9.59 Å². The van der Waals surface area contributed by atoms with Crippen molar-refractivity contribution in [1.82, 2.24) is 10.6 Å². The molecule has 3 rings (SSSR count). The van der Waals surface area contributed by atoms with Gasteiger partial charge in [-0.1, -0.05) is 36.4 Å². The maximum atomic E-state index is 12.5. The Hall–Kier alpha value is -2.60. The molecule has 0 fully saturated rings. The second-order valence-corrected chi connectivity index (χ2v) is 6.44. The number of amides is 2. The van der Waals surface area contributed by atoms with E-state index < -0.39 is 12.0 Å². The number of nitrogens with one attached hydrogen (secondary N) is 2. The van der Waals surface area contributed by atoms with Crippen LogP contribution >= 0.6 is 11.3 Å². The van der Waals surface area contributed by atoms with Gasteiger partial charge in [0.25, 0.3) is 0 Å². The van der Waals surface area contributed by atoms with Crippen molar-refractivity contribution in [1.29, 1.82) is 0 Å². The summed E-state index contributed by atoms with van der Waals surface area (Å²) in [6, 6.07) is 12.9. The Balaban J connectivity index is 1.71. The lowest BCUT2D eigenvalue weighted by molar-refractivity contribution is -0.139. The van der Waals surface area contributed by atoms with E-state index in [2.05, 4.69) is 10.6 Å². The number of ether oxygens (including phenoxy) is 1. The number of allylic oxidation sites excluding steroid dienone is 1. The highest BCUT2D eigenvalue weighted by Crippen LogP contribution is 2.30. The molecule has 0 spiro atoms. The molecule has 0 bridgehead atoms. The predicted octanol–water partition coefficient (Wildman–Crippen LogP) is 3.16. The van der Waals surface area contributed by atoms with Gasteiger partial charge in [0, 0.05) is 17.0 Å². The molecule has 2 aromatic rings. The first-order valence-electron chi connectivity index (χ1n) is 7.68. The lowest BCUT2D eigenvalue weighted by Gasteiger charge is -2.27. The molecule has 5 nitrogen and oxygen atoms in total. The SMILES string of the molecule is CC1=C(C(=O)OCCc2ccccc2)[C@@H](c2cccs2)NC(=O)N1. The molecule has 1 aliphatic heterocycles. The Kier molecular flexibility index (Phi) is 4.96. The van der Waals surface area contributed by atoms with Gasteiger partial charge in [-0.15, -0.1) is 11.3 Å². The highest BCUT2D eigenvalue weighted by atomic mass is 32.1. The molecule has 0 saturated carbocycles. The molecule has 1 aromatic heterocycles. The molecule has 124 valence electrons. The van der Waals surface area contributed by atoms with Crippen molar-refractivity contribution >= 4 is 23.3 Å². The largest absolute Gasteiger partial charge is 0.462 e. The van der Waals surface area contributed by atoms with Crippen molar-refractivity contribution < 1.29 is 14.3 Å². The normalized spacial score (nSPS) is 17.2. The van der Waals surface area contributed by atoms with E-state index in [0.717, 1.165) is 10.4 Å². The number of urea groups is 1. The molecule has 2 N–H and O–H groups in total. The molecule has 6 heteroatoms. The molecule has 0 radical (unpaired) electrons. The fraction of sp³-hybridized carbons (Fsp3) is 0.222. The number of carbonyl (C=O) groups excluding carboxylic acids is 2. The predicted molar refractivity (Wildman–Crippen MR) is 92.5 cm³/mol. The summed E-state index contributed by atoms with van der Waals surface area (Å²) in [5, 5.41) is 7.35. The summed E-state index contributed by atoms with van der Waals surface area (Å²) in [7, 11) is 0. The van der Waals surface area contributed by atoms with Crippen LogP contribution in [-0.2, 0) is 16.0 Å². The van der Waals surface area contributed by atoms with E-state index >= 15 is 0 Å². The van der Waals surface area contributed by atoms with Gasteiger partial charge in [0.15, 0.2) is 0 Å². The van der Waals surface area contributed by atoms with Gasteiger partial charge in [0.1, 0.15) is 0 Å². The van der Waals surface area contributed by atoms with E-state index in [-0.39, 0.29) is 6.03 Å². The van der Waals surface area contributed by atoms with Crippen LogP contribution in [0.2, 0.25) is 0 Å². The average Bonchev–Trinajstić information content (AvgIpc) is 3.09. The number of benzene rings is 1. The van der Waals surface area contributed by atoms with Gasteiger partial charge in [-0.2, -0.15) is 0 Å². The topological polar surface area (TPSA) is 67.4 Å². The number of hydrogen-bond acceptors (Lipinski definition) is 4. The summed E-state index contributed by atoms with van der Waals surface area (Å²) >= 11 is 1.49. The average molecular weight is 342 g/mol. The zero-order chi connectivity index (χ0) is 16.9. The van der Waals surface area contributed by atoms with Gasteiger partial charge >= 0.3 is 12.0 Å². The quantitative estimate of drug-likeness (QED) is 0.820. The lowest BCUT2D eigenvalue weighted by Crippen LogP contribution is -2.45. The Morgan fingerprint density at radius 1 is 1.21 bits per heavy atom. The van der Waals surface area contributed by atoms with E-state index in [1.54, 1.807) is 6.92 Å². The molecule has 1 aliphatic rings. The molecule has 1 atom stereocenters. The zero-order valence-corrected chi connectivity index (χ0v) is 14.1. The highest BCUT2D eigenvalue weighted by Gasteiger charge is 2.32. The van der Waals surface area contributed by atoms with Gasteiger partial charge < -0.3 is 15.4 Å². The Bertz CT molecular complexity index is 754. The molecule has 0 aliphatic carbocycles. The summed E-state index contributed by atoms with van der Waals surface area (Å²) in [5.74, 6) is -0.408. The second kappa shape index (κ2) is 7.31. The van der Waals surface area contributed by atoms with E-state index in [4.69, 9.17) is 4.74 Å². The van der Waals surface area contributed by atoms with E-state index in [9.17, 15) is 9.59 Å². The van der Waals surface area contributed by atoms with Crippen molar-refractivity contribution in [2.45, 2.75) is 19.4 Å². The van der Waals surface area contributed by atoms with Crippen LogP contribution in [0.5, 0.6) is 0 Å². The van der Waals surface area contributed by atoms with Crippen LogP contribution < -0.4 is 10.6 Å². The Morgan fingerprint density at radius 3 is 2.71 bits per heavy atom. The fourth-order valence-corrected chi connectivity index (χ4v) is 3.40. The molecule has 2 amide bonds. The van der Waals surface area contributed by atoms with Gasteiger partial charge in [0.05, 0.1) is 18.2 Å². The summed E-state index contributed by atoms with van der Waals surface area (Å²) in [4.78, 5) is 25.2. The maximum Gasteiger partial charge on any atom is 0.338 e. The van der Waals surface area contributed by atoms with Crippen LogP contribution in [0, 0.1) is 0 Å². The number of esters is 1. The number of hydrogen-bond donors (Lipinski definition) is 2. The van der Waals surface area contributed by atoms with Crippen molar-refractivity contribution in [3.8, 4) is 0 Å². The maximum absolute atomic E-state index is 12.5. The Labute approximate surface area is 144 Å². The summed E-state index contributed by atoms with van der Waals surface area (Å²) in [6.07, 6.45) is 0.655. The summed E-state index contributed by atoms with van der Waals surface area (Å²) in [6.45, 7) is 2.01. The van der Waals surface area contributed by atoms with Crippen molar-refractivity contribution in [2.24, 2.45) is 0 Å². The molecular weight excluding hydrogens is 324 g/mol. The van der Waals surface area contributed by atoms with Crippen LogP contribution in [0.4, 0.5) is 4.79 Å². The van der Waals surface area contributed by atoms with Crippen molar-refractivity contribution in [3.05, 3.63) is 69.6 Å². The third kappa shape index (κ3) is 3.65. The third-order valence-electron chi connectivity index (χ3n) is 3.78. The molecule has 2 heterocycles. The molecule has 0 saturated heterocycles. The minimum atomic E-state index is -0.469. The first-order chi connectivity index (χ1) is 11.6. The minimum absolute atomic E-state index is 0.296. The van der Waals surface area contributed by atoms with Crippen LogP contribution in [0.3, 0.4) is 0 Å². The monoisotopic (exact) mass is 342 g/mol. The van der Waals surface area contributed by atoms with E-state index in [1.807, 2.05) is 47.8 Å². The Morgan fingerprint density at radius 2 is 2.00 bits per heavy atom. The van der Waals surface area contributed by atoms with E-state index in [0.29, 0.717) is 24.3 Å². The van der Waals surface area contributed by atoms with Crippen LogP contribution in [0.25, 0.3) is 0 Å². The summed E-state index contributed by atoms with van der Waals surface area (Å²) < 4.78 is 5.44. The third-order valence-corrected chi connectivity index (χ3v) is 4.72. The standard InChI is InChI=1S/C18H18N2O3S/c1-12-15(16(20-18(22)19-12)14-8-5-11-24-14)17(21)23-10-9-13-6-3-2-4-7-13/h2-8,11,16H,9-10H2,1H3,(H2,19,20,22)/t16-/m1/s1. The molecule has 24 heavy (non-hydrogen) atoms. The zero-order valence-electron chi connectivity index (χ0n) is 13.2. The smallest absolute Gasteiger partial charge is 0.338 e. The molecular formula is C18H18N2O3S. The number of rotatable bonds is 5. The van der Waals surface area contributed by atoms with Crippen molar-refractivity contribution in [2.75, 3.05) is 6.61 Å². The number of carbonyl (C=O) groups is 2. The highest BCUT2D eigenvalue weighted by molar-refractivity contribution is 7.10. The number of thiophene rings is 1. The van der Waals surface area contributed by atoms with E-state index in [1.165, 1.54) is 11.3 Å². The van der Waals surface area contributed by atoms with Crippen LogP contribution in [0.15, 0.2) is 59.1 Å². The van der Waals surface area contributed by atoms with Crippen LogP contribution in [0.1, 0.15) is 23.4 Å². The fourth-order valence-electron chi connectivity index (χ4n) is 2.62. The minimum Gasteiger partial charge on any atom is -0.462 e. The van der Waals surface area contributed by atoms with Crippen molar-refractivity contribution in [3.63, 3.8) is 0 Å². The van der Waals surface area contributed by atoms with Gasteiger partial charge in [-0.3, -0.25) is 0 Å². The van der Waals surface area contributed by atoms with Crippen LogP contribution in [-0.4, -0.2) is 18.6 Å². The first kappa shape index (κ1) is 16.3. The van der Waals surface area contributed by atoms with Gasteiger partial charge in [-0.05, 0) is 23.9 Å². The second-order valence-electron chi connectivity index (χ2n) is 5.46. The van der Waals surface area contributed by atoms with Gasteiger partial charge in [0.2, 0.25) is 0 Å². The first-order valence-corrected chi connectivity index (χ1v) is 8.56.